The van der Waals surface area contributed by atoms with Crippen molar-refractivity contribution in [1.82, 2.24) is 0 Å². The number of allylic oxidation sites excluding steroid dienone is 1. The third-order valence-corrected chi connectivity index (χ3v) is 2.24. The fraction of sp³-hybridized carbons (Fsp3) is 0.250. The van der Waals surface area contributed by atoms with Gasteiger partial charge in [-0.25, -0.2) is 0 Å². The minimum atomic E-state index is -0.0221. The van der Waals surface area contributed by atoms with Crippen LogP contribution in [0, 0.1) is 11.8 Å². The molecule has 1 aromatic rings. The Labute approximate surface area is 103 Å². The van der Waals surface area contributed by atoms with Crippen LogP contribution in [0.2, 0.25) is 0 Å². The zero-order valence-corrected chi connectivity index (χ0v) is 10.3. The van der Waals surface area contributed by atoms with Crippen molar-refractivity contribution in [2.45, 2.75) is 26.7 Å². The lowest BCUT2D eigenvalue weighted by molar-refractivity contribution is -0.113. The molecule has 0 unspecified atom stereocenters. The smallest absolute Gasteiger partial charge is 0.206 e. The van der Waals surface area contributed by atoms with Gasteiger partial charge in [0.05, 0.1) is 0 Å². The van der Waals surface area contributed by atoms with Gasteiger partial charge >= 0.3 is 0 Å². The van der Waals surface area contributed by atoms with Crippen molar-refractivity contribution in [3.05, 3.63) is 53.3 Å². The van der Waals surface area contributed by atoms with Crippen LogP contribution >= 0.6 is 0 Å². The number of ketones is 1. The molecule has 0 heterocycles. The first-order valence-corrected chi connectivity index (χ1v) is 5.69. The van der Waals surface area contributed by atoms with Gasteiger partial charge in [-0.2, -0.15) is 0 Å². The Morgan fingerprint density at radius 3 is 2.59 bits per heavy atom. The first kappa shape index (κ1) is 13.0. The van der Waals surface area contributed by atoms with E-state index in [0.717, 1.165) is 17.6 Å². The molecule has 0 radical (unpaired) electrons. The lowest BCUT2D eigenvalue weighted by atomic mass is 10.1. The molecule has 0 saturated heterocycles. The number of hydrogen-bond acceptors (Lipinski definition) is 1. The molecule has 0 spiro atoms. The molecule has 0 aliphatic heterocycles. The molecular formula is C16H16O. The zero-order valence-electron chi connectivity index (χ0n) is 10.3. The average Bonchev–Trinajstić information content (AvgIpc) is 2.35. The standard InChI is InChI=1S/C16H16O/c1-3-7-14(2)10-12-16(17)13-11-15-8-5-4-6-9-15/h3-6,8-9H,10,12H2,1-2H3. The largest absolute Gasteiger partial charge is 0.285 e. The molecule has 0 amide bonds. The summed E-state index contributed by atoms with van der Waals surface area (Å²) in [5.74, 6) is 5.50. The number of hydrogen-bond donors (Lipinski definition) is 0. The SMILES string of the molecule is CC=C=C(C)CCC(=O)C#Cc1ccccc1. The predicted molar refractivity (Wildman–Crippen MR) is 70.5 cm³/mol. The van der Waals surface area contributed by atoms with Gasteiger partial charge in [-0.05, 0) is 50.0 Å². The second-order valence-corrected chi connectivity index (χ2v) is 3.75. The molecule has 1 nitrogen and oxygen atoms in total. The molecule has 0 aliphatic carbocycles. The van der Waals surface area contributed by atoms with Crippen molar-refractivity contribution in [3.8, 4) is 11.8 Å². The van der Waals surface area contributed by atoms with E-state index in [9.17, 15) is 4.79 Å². The molecular weight excluding hydrogens is 208 g/mol. The Bertz CT molecular complexity index is 491. The van der Waals surface area contributed by atoms with E-state index >= 15 is 0 Å². The molecule has 0 aliphatic rings. The van der Waals surface area contributed by atoms with Crippen LogP contribution in [0.1, 0.15) is 32.3 Å². The van der Waals surface area contributed by atoms with Crippen LogP contribution in [-0.4, -0.2) is 5.78 Å². The highest BCUT2D eigenvalue weighted by Gasteiger charge is 1.97. The molecule has 0 bridgehead atoms. The van der Waals surface area contributed by atoms with Gasteiger partial charge in [0.15, 0.2) is 0 Å². The van der Waals surface area contributed by atoms with E-state index in [1.54, 1.807) is 0 Å². The van der Waals surface area contributed by atoms with E-state index in [0.29, 0.717) is 6.42 Å². The summed E-state index contributed by atoms with van der Waals surface area (Å²) in [6.45, 7) is 3.89. The molecule has 17 heavy (non-hydrogen) atoms. The maximum atomic E-state index is 11.5. The Morgan fingerprint density at radius 2 is 1.94 bits per heavy atom. The number of carbonyl (C=O) groups excluding carboxylic acids is 1. The first-order valence-electron chi connectivity index (χ1n) is 5.69. The maximum absolute atomic E-state index is 11.5. The Hall–Kier alpha value is -2.03. The van der Waals surface area contributed by atoms with E-state index in [1.807, 2.05) is 50.3 Å². The van der Waals surface area contributed by atoms with Crippen molar-refractivity contribution in [2.24, 2.45) is 0 Å². The lowest BCUT2D eigenvalue weighted by Gasteiger charge is -1.93. The van der Waals surface area contributed by atoms with Crippen molar-refractivity contribution >= 4 is 5.78 Å². The second kappa shape index (κ2) is 7.28. The topological polar surface area (TPSA) is 17.1 Å². The van der Waals surface area contributed by atoms with Gasteiger partial charge in [0.25, 0.3) is 0 Å². The molecule has 0 saturated carbocycles. The normalized spacial score (nSPS) is 8.59. The first-order chi connectivity index (χ1) is 8.22. The highest BCUT2D eigenvalue weighted by molar-refractivity contribution is 5.96. The summed E-state index contributed by atoms with van der Waals surface area (Å²) < 4.78 is 0. The van der Waals surface area contributed by atoms with Crippen molar-refractivity contribution < 1.29 is 4.79 Å². The Morgan fingerprint density at radius 1 is 1.24 bits per heavy atom. The minimum Gasteiger partial charge on any atom is -0.285 e. The second-order valence-electron chi connectivity index (χ2n) is 3.75. The fourth-order valence-electron chi connectivity index (χ4n) is 1.35. The van der Waals surface area contributed by atoms with Crippen LogP contribution in [-0.2, 0) is 4.79 Å². The zero-order chi connectivity index (χ0) is 12.5. The lowest BCUT2D eigenvalue weighted by Crippen LogP contribution is -1.93. The molecule has 0 N–H and O–H groups in total. The number of carbonyl (C=O) groups is 1. The summed E-state index contributed by atoms with van der Waals surface area (Å²) in [5, 5.41) is 0. The summed E-state index contributed by atoms with van der Waals surface area (Å²) in [7, 11) is 0. The monoisotopic (exact) mass is 224 g/mol. The van der Waals surface area contributed by atoms with Crippen molar-refractivity contribution in [3.63, 3.8) is 0 Å². The molecule has 0 aromatic heterocycles. The van der Waals surface area contributed by atoms with Gasteiger partial charge in [-0.1, -0.05) is 24.1 Å². The number of benzene rings is 1. The van der Waals surface area contributed by atoms with Gasteiger partial charge in [0, 0.05) is 12.0 Å². The van der Waals surface area contributed by atoms with Crippen LogP contribution in [0.5, 0.6) is 0 Å². The van der Waals surface area contributed by atoms with Crippen LogP contribution in [0.4, 0.5) is 0 Å². The Balaban J connectivity index is 2.52. The number of rotatable bonds is 3. The molecule has 1 rings (SSSR count). The Kier molecular flexibility index (Phi) is 5.58. The van der Waals surface area contributed by atoms with Gasteiger partial charge < -0.3 is 0 Å². The summed E-state index contributed by atoms with van der Waals surface area (Å²) in [5.41, 5.74) is 5.03. The van der Waals surface area contributed by atoms with E-state index in [1.165, 1.54) is 0 Å². The maximum Gasteiger partial charge on any atom is 0.206 e. The quantitative estimate of drug-likeness (QED) is 0.567. The van der Waals surface area contributed by atoms with Crippen LogP contribution < -0.4 is 0 Å². The highest BCUT2D eigenvalue weighted by atomic mass is 16.1. The van der Waals surface area contributed by atoms with Gasteiger partial charge in [-0.15, -0.1) is 5.73 Å². The number of Topliss-reactive ketones (excluding diaryl/α,β-unsaturated/α-hetero) is 1. The summed E-state index contributed by atoms with van der Waals surface area (Å²) >= 11 is 0. The van der Waals surface area contributed by atoms with Gasteiger partial charge in [0.2, 0.25) is 5.78 Å². The van der Waals surface area contributed by atoms with Crippen molar-refractivity contribution in [2.75, 3.05) is 0 Å². The fourth-order valence-corrected chi connectivity index (χ4v) is 1.35. The third-order valence-electron chi connectivity index (χ3n) is 2.24. The van der Waals surface area contributed by atoms with E-state index in [4.69, 9.17) is 0 Å². The van der Waals surface area contributed by atoms with E-state index in [2.05, 4.69) is 17.6 Å². The third kappa shape index (κ3) is 5.56. The summed E-state index contributed by atoms with van der Waals surface area (Å²) in [4.78, 5) is 11.5. The summed E-state index contributed by atoms with van der Waals surface area (Å²) in [6.07, 6.45) is 3.05. The van der Waals surface area contributed by atoms with E-state index < -0.39 is 0 Å². The molecule has 1 aromatic carbocycles. The average molecular weight is 224 g/mol. The van der Waals surface area contributed by atoms with Gasteiger partial charge in [-0.3, -0.25) is 4.79 Å². The predicted octanol–water partition coefficient (Wildman–Crippen LogP) is 3.51. The van der Waals surface area contributed by atoms with Gasteiger partial charge in [0.1, 0.15) is 0 Å². The molecule has 0 fully saturated rings. The summed E-state index contributed by atoms with van der Waals surface area (Å²) in [6, 6.07) is 9.54. The van der Waals surface area contributed by atoms with E-state index in [-0.39, 0.29) is 5.78 Å². The van der Waals surface area contributed by atoms with Crippen molar-refractivity contribution in [1.29, 1.82) is 0 Å². The molecule has 0 atom stereocenters. The van der Waals surface area contributed by atoms with Crippen LogP contribution in [0.15, 0.2) is 47.7 Å². The van der Waals surface area contributed by atoms with Crippen LogP contribution in [0.25, 0.3) is 0 Å². The molecule has 1 heteroatoms. The highest BCUT2D eigenvalue weighted by Crippen LogP contribution is 2.02. The van der Waals surface area contributed by atoms with Crippen LogP contribution in [0.3, 0.4) is 0 Å². The minimum absolute atomic E-state index is 0.0221. The molecule has 86 valence electrons.